The van der Waals surface area contributed by atoms with Gasteiger partial charge < -0.3 is 14.5 Å². The average Bonchev–Trinajstić information content (AvgIpc) is 3.31. The van der Waals surface area contributed by atoms with Crippen LogP contribution in [0.5, 0.6) is 5.75 Å². The number of hydrogen-bond acceptors (Lipinski definition) is 9. The summed E-state index contributed by atoms with van der Waals surface area (Å²) in [6.07, 6.45) is 5.40. The smallest absolute Gasteiger partial charge is 0.262 e. The fourth-order valence-electron chi connectivity index (χ4n) is 8.87. The van der Waals surface area contributed by atoms with Gasteiger partial charge in [0.1, 0.15) is 17.9 Å². The Morgan fingerprint density at radius 3 is 2.23 bits per heavy atom. The van der Waals surface area contributed by atoms with Gasteiger partial charge in [0.05, 0.1) is 34.4 Å². The van der Waals surface area contributed by atoms with Gasteiger partial charge >= 0.3 is 0 Å². The number of fused-ring (bicyclic) bond motifs is 3. The highest BCUT2D eigenvalue weighted by Crippen LogP contribution is 2.33. The van der Waals surface area contributed by atoms with Crippen LogP contribution in [0.25, 0.3) is 0 Å². The summed E-state index contributed by atoms with van der Waals surface area (Å²) in [6.45, 7) is 2.42. The molecule has 1 unspecified atom stereocenters. The molecule has 14 heteroatoms. The fourth-order valence-corrected chi connectivity index (χ4v) is 9.08. The molecule has 13 nitrogen and oxygen atoms in total. The maximum Gasteiger partial charge on any atom is 0.262 e. The van der Waals surface area contributed by atoms with Crippen molar-refractivity contribution in [2.75, 3.05) is 33.2 Å². The molecule has 1 saturated heterocycles. The Balaban J connectivity index is 0.839. The lowest BCUT2D eigenvalue weighted by Gasteiger charge is -2.35. The molecule has 2 fully saturated rings. The lowest BCUT2D eigenvalue weighted by molar-refractivity contribution is -0.136. The first-order valence-corrected chi connectivity index (χ1v) is 20.0. The standard InChI is InChI=1S/C43H43ClN6O7/c1-47(31-5-8-32(9-6-31)57-33-7-4-29(22-45)36(44)21-33)41(54)28-3-2-25-12-15-48(16-13-26(25)18-28)24-39(52)49-17-14-27-19-34-35(20-30(27)23-49)43(56)50(42(34)55)37-10-11-38(51)46-40(37)53/h2-4,7,18-21,31-32,37H,5-6,8-17,23-24H2,1H3,(H,46,51,53). The van der Waals surface area contributed by atoms with Crippen molar-refractivity contribution in [3.8, 4) is 11.8 Å². The molecule has 1 saturated carbocycles. The van der Waals surface area contributed by atoms with Gasteiger partial charge in [-0.2, -0.15) is 5.26 Å². The number of carbonyl (C=O) groups excluding carboxylic acids is 6. The minimum absolute atomic E-state index is 0.0110. The molecule has 0 spiro atoms. The maximum atomic E-state index is 13.7. The number of rotatable bonds is 7. The molecule has 57 heavy (non-hydrogen) atoms. The van der Waals surface area contributed by atoms with Crippen LogP contribution in [0.4, 0.5) is 0 Å². The van der Waals surface area contributed by atoms with E-state index in [-0.39, 0.29) is 54.5 Å². The SMILES string of the molecule is CN(C(=O)c1ccc2c(c1)CCN(CC(=O)N1CCc3cc4c(cc3C1)C(=O)N(C1CCC(=O)NC1=O)C4=O)CC2)C1CCC(Oc2ccc(C#N)c(Cl)c2)CC1. The van der Waals surface area contributed by atoms with Gasteiger partial charge in [0.25, 0.3) is 17.7 Å². The van der Waals surface area contributed by atoms with Crippen molar-refractivity contribution in [2.45, 2.75) is 82.5 Å². The van der Waals surface area contributed by atoms with Crippen LogP contribution >= 0.6 is 11.6 Å². The van der Waals surface area contributed by atoms with Crippen LogP contribution in [0, 0.1) is 11.3 Å². The number of benzene rings is 3. The number of nitrogens with one attached hydrogen (secondary N) is 1. The van der Waals surface area contributed by atoms with Gasteiger partial charge in [-0.15, -0.1) is 0 Å². The second-order valence-corrected chi connectivity index (χ2v) is 16.1. The zero-order chi connectivity index (χ0) is 40.0. The first kappa shape index (κ1) is 38.3. The van der Waals surface area contributed by atoms with Crippen LogP contribution in [0.15, 0.2) is 48.5 Å². The largest absolute Gasteiger partial charge is 0.490 e. The average molecular weight is 791 g/mol. The normalized spacial score (nSPS) is 22.2. The number of ether oxygens (including phenoxy) is 1. The molecule has 1 aliphatic carbocycles. The van der Waals surface area contributed by atoms with Crippen molar-refractivity contribution in [1.82, 2.24) is 24.9 Å². The molecule has 6 amide bonds. The molecule has 1 N–H and O–H groups in total. The van der Waals surface area contributed by atoms with Crippen molar-refractivity contribution in [1.29, 1.82) is 5.26 Å². The molecule has 0 aromatic heterocycles. The van der Waals surface area contributed by atoms with E-state index in [2.05, 4.69) is 16.3 Å². The molecule has 294 valence electrons. The van der Waals surface area contributed by atoms with Crippen LogP contribution in [-0.2, 0) is 40.2 Å². The zero-order valence-electron chi connectivity index (χ0n) is 31.7. The number of nitriles is 1. The lowest BCUT2D eigenvalue weighted by atomic mass is 9.91. The van der Waals surface area contributed by atoms with Gasteiger partial charge in [0, 0.05) is 57.3 Å². The summed E-state index contributed by atoms with van der Waals surface area (Å²) >= 11 is 6.18. The second kappa shape index (κ2) is 15.8. The third-order valence-corrected chi connectivity index (χ3v) is 12.5. The van der Waals surface area contributed by atoms with E-state index in [0.717, 1.165) is 53.7 Å². The van der Waals surface area contributed by atoms with Gasteiger partial charge in [-0.3, -0.25) is 43.9 Å². The number of hydrogen-bond donors (Lipinski definition) is 1. The summed E-state index contributed by atoms with van der Waals surface area (Å²) in [4.78, 5) is 84.9. The van der Waals surface area contributed by atoms with Crippen LogP contribution in [0.2, 0.25) is 5.02 Å². The van der Waals surface area contributed by atoms with Crippen molar-refractivity contribution >= 4 is 47.0 Å². The maximum absolute atomic E-state index is 13.7. The molecule has 0 bridgehead atoms. The van der Waals surface area contributed by atoms with E-state index >= 15 is 0 Å². The first-order chi connectivity index (χ1) is 27.5. The Labute approximate surface area is 335 Å². The summed E-state index contributed by atoms with van der Waals surface area (Å²) in [7, 11) is 1.87. The Bertz CT molecular complexity index is 2240. The quantitative estimate of drug-likeness (QED) is 0.349. The molecule has 1 atom stereocenters. The van der Waals surface area contributed by atoms with Gasteiger partial charge in [-0.1, -0.05) is 17.7 Å². The fraction of sp³-hybridized carbons (Fsp3) is 0.419. The van der Waals surface area contributed by atoms with Gasteiger partial charge in [0.15, 0.2) is 0 Å². The predicted molar refractivity (Wildman–Crippen MR) is 207 cm³/mol. The Morgan fingerprint density at radius 1 is 0.842 bits per heavy atom. The molecule has 0 radical (unpaired) electrons. The van der Waals surface area contributed by atoms with Gasteiger partial charge in [-0.05, 0) is 110 Å². The third kappa shape index (κ3) is 7.64. The molecule has 5 aliphatic rings. The van der Waals surface area contributed by atoms with Crippen LogP contribution in [-0.4, -0.2) is 106 Å². The van der Waals surface area contributed by atoms with Crippen LogP contribution in [0.1, 0.15) is 97.4 Å². The monoisotopic (exact) mass is 790 g/mol. The summed E-state index contributed by atoms with van der Waals surface area (Å²) in [5, 5.41) is 11.7. The van der Waals surface area contributed by atoms with Gasteiger partial charge in [-0.25, -0.2) is 0 Å². The van der Waals surface area contributed by atoms with Crippen molar-refractivity contribution in [2.24, 2.45) is 0 Å². The van der Waals surface area contributed by atoms with E-state index in [1.807, 2.05) is 30.1 Å². The molecule has 3 aromatic rings. The molecular formula is C43H43ClN6O7. The minimum Gasteiger partial charge on any atom is -0.490 e. The van der Waals surface area contributed by atoms with Crippen LogP contribution < -0.4 is 10.1 Å². The number of halogens is 1. The Kier molecular flexibility index (Phi) is 10.6. The Hall–Kier alpha value is -5.58. The molecule has 4 aliphatic heterocycles. The summed E-state index contributed by atoms with van der Waals surface area (Å²) < 4.78 is 6.15. The van der Waals surface area contributed by atoms with Crippen molar-refractivity contribution in [3.63, 3.8) is 0 Å². The topological polar surface area (TPSA) is 160 Å². The van der Waals surface area contributed by atoms with E-state index in [1.54, 1.807) is 35.2 Å². The highest BCUT2D eigenvalue weighted by atomic mass is 35.5. The van der Waals surface area contributed by atoms with Gasteiger partial charge in [0.2, 0.25) is 17.7 Å². The van der Waals surface area contributed by atoms with Crippen molar-refractivity contribution in [3.05, 3.63) is 98.1 Å². The number of imide groups is 2. The third-order valence-electron chi connectivity index (χ3n) is 12.2. The summed E-state index contributed by atoms with van der Waals surface area (Å²) in [5.74, 6) is -1.55. The summed E-state index contributed by atoms with van der Waals surface area (Å²) in [6, 6.07) is 15.6. The highest BCUT2D eigenvalue weighted by Gasteiger charge is 2.45. The zero-order valence-corrected chi connectivity index (χ0v) is 32.5. The van der Waals surface area contributed by atoms with E-state index in [9.17, 15) is 28.8 Å². The number of amides is 6. The molecular weight excluding hydrogens is 748 g/mol. The minimum atomic E-state index is -1.03. The molecule has 8 rings (SSSR count). The van der Waals surface area contributed by atoms with Crippen molar-refractivity contribution < 1.29 is 33.5 Å². The van der Waals surface area contributed by atoms with Crippen LogP contribution in [0.3, 0.4) is 0 Å². The highest BCUT2D eigenvalue weighted by molar-refractivity contribution is 6.31. The van der Waals surface area contributed by atoms with E-state index < -0.39 is 29.7 Å². The van der Waals surface area contributed by atoms with E-state index in [1.165, 1.54) is 5.56 Å². The Morgan fingerprint density at radius 2 is 1.53 bits per heavy atom. The summed E-state index contributed by atoms with van der Waals surface area (Å²) in [5.41, 5.74) is 5.54. The molecule has 3 aromatic carbocycles. The van der Waals surface area contributed by atoms with E-state index in [4.69, 9.17) is 21.6 Å². The molecule has 4 heterocycles. The predicted octanol–water partition coefficient (Wildman–Crippen LogP) is 4.06. The van der Waals surface area contributed by atoms with E-state index in [0.29, 0.717) is 60.9 Å². The number of nitrogens with zero attached hydrogens (tertiary/aromatic N) is 5. The second-order valence-electron chi connectivity index (χ2n) is 15.7. The number of piperidine rings is 1. The lowest BCUT2D eigenvalue weighted by Crippen LogP contribution is -2.54. The first-order valence-electron chi connectivity index (χ1n) is 19.6. The number of carbonyl (C=O) groups is 6.